The number of ether oxygens (including phenoxy) is 2. The second kappa shape index (κ2) is 13.5. The molecule has 4 unspecified atom stereocenters. The molecule has 0 radical (unpaired) electrons. The summed E-state index contributed by atoms with van der Waals surface area (Å²) in [6, 6.07) is -1.71. The Labute approximate surface area is 186 Å². The van der Waals surface area contributed by atoms with Crippen LogP contribution < -0.4 is 10.7 Å². The largest absolute Gasteiger partial charge is 0.460 e. The first-order valence-corrected chi connectivity index (χ1v) is 10.4. The molecular weight excluding hydrogens is 449 g/mol. The van der Waals surface area contributed by atoms with E-state index in [1.165, 1.54) is 26.0 Å². The molecule has 0 spiro atoms. The molecule has 1 saturated heterocycles. The molecule has 12 heteroatoms. The van der Waals surface area contributed by atoms with Crippen LogP contribution in [0.5, 0.6) is 0 Å². The van der Waals surface area contributed by atoms with Gasteiger partial charge in [-0.2, -0.15) is 0 Å². The number of nitrogens with zero attached hydrogens (tertiary/aromatic N) is 1. The molecule has 29 heavy (non-hydrogen) atoms. The van der Waals surface area contributed by atoms with Crippen molar-refractivity contribution in [3.63, 3.8) is 0 Å². The molecule has 1 fully saturated rings. The third kappa shape index (κ3) is 10.1. The van der Waals surface area contributed by atoms with Gasteiger partial charge in [-0.3, -0.25) is 19.4 Å². The second-order valence-electron chi connectivity index (χ2n) is 6.15. The molecule has 2 amide bonds. The lowest BCUT2D eigenvalue weighted by atomic mass is 10.1. The number of hydrogen-bond acceptors (Lipinski definition) is 7. The minimum absolute atomic E-state index is 0.338. The van der Waals surface area contributed by atoms with Crippen LogP contribution in [0, 0.1) is 0 Å². The van der Waals surface area contributed by atoms with Crippen LogP contribution in [0.25, 0.3) is 0 Å². The molecular formula is C17H30Cl3N3O6. The van der Waals surface area contributed by atoms with Gasteiger partial charge in [0.25, 0.3) is 11.8 Å². The van der Waals surface area contributed by atoms with Gasteiger partial charge in [0, 0.05) is 13.7 Å². The van der Waals surface area contributed by atoms with E-state index in [4.69, 9.17) is 44.3 Å². The Morgan fingerprint density at radius 2 is 1.86 bits per heavy atom. The van der Waals surface area contributed by atoms with Gasteiger partial charge in [0.05, 0.1) is 6.10 Å². The van der Waals surface area contributed by atoms with Crippen molar-refractivity contribution in [1.29, 1.82) is 0 Å². The summed E-state index contributed by atoms with van der Waals surface area (Å²) >= 11 is 16.6. The molecule has 1 heterocycles. The molecule has 4 atom stereocenters. The summed E-state index contributed by atoms with van der Waals surface area (Å²) in [5.41, 5.74) is 2.75. The van der Waals surface area contributed by atoms with Gasteiger partial charge in [-0.15, -0.1) is 0 Å². The highest BCUT2D eigenvalue weighted by Crippen LogP contribution is 2.26. The number of esters is 1. The van der Waals surface area contributed by atoms with Crippen molar-refractivity contribution in [1.82, 2.24) is 15.8 Å². The van der Waals surface area contributed by atoms with Gasteiger partial charge in [0.1, 0.15) is 18.7 Å². The summed E-state index contributed by atoms with van der Waals surface area (Å²) in [4.78, 5) is 36.5. The number of carbonyl (C=O) groups is 3. The van der Waals surface area contributed by atoms with Crippen LogP contribution in [0.4, 0.5) is 0 Å². The zero-order chi connectivity index (χ0) is 22.8. The highest BCUT2D eigenvalue weighted by Gasteiger charge is 2.33. The van der Waals surface area contributed by atoms with E-state index < -0.39 is 52.5 Å². The molecule has 0 bridgehead atoms. The molecule has 1 rings (SSSR count). The van der Waals surface area contributed by atoms with Crippen LogP contribution in [0.15, 0.2) is 0 Å². The van der Waals surface area contributed by atoms with Crippen molar-refractivity contribution in [2.24, 2.45) is 0 Å². The van der Waals surface area contributed by atoms with Crippen molar-refractivity contribution in [3.8, 4) is 0 Å². The maximum absolute atomic E-state index is 12.5. The number of nitrogens with one attached hydrogen (secondary N) is 2. The van der Waals surface area contributed by atoms with E-state index in [0.717, 1.165) is 0 Å². The highest BCUT2D eigenvalue weighted by atomic mass is 35.6. The van der Waals surface area contributed by atoms with Gasteiger partial charge in [0.2, 0.25) is 3.79 Å². The maximum atomic E-state index is 12.5. The number of halogens is 3. The molecule has 0 aromatic carbocycles. The van der Waals surface area contributed by atoms with E-state index >= 15 is 0 Å². The predicted molar refractivity (Wildman–Crippen MR) is 111 cm³/mol. The fourth-order valence-electron chi connectivity index (χ4n) is 2.30. The van der Waals surface area contributed by atoms with Gasteiger partial charge in [-0.25, -0.2) is 5.43 Å². The molecule has 3 N–H and O–H groups in total. The van der Waals surface area contributed by atoms with Gasteiger partial charge in [-0.1, -0.05) is 48.7 Å². The molecule has 170 valence electrons. The first-order valence-electron chi connectivity index (χ1n) is 9.28. The smallest absolute Gasteiger partial charge is 0.325 e. The number of aliphatic hydroxyl groups excluding tert-OH is 1. The van der Waals surface area contributed by atoms with E-state index in [1.807, 2.05) is 13.8 Å². The summed E-state index contributed by atoms with van der Waals surface area (Å²) in [5.74, 6) is -1.86. The summed E-state index contributed by atoms with van der Waals surface area (Å²) in [5, 5.41) is 13.4. The van der Waals surface area contributed by atoms with Crippen molar-refractivity contribution in [2.45, 2.75) is 68.6 Å². The van der Waals surface area contributed by atoms with E-state index in [0.29, 0.717) is 19.4 Å². The zero-order valence-corrected chi connectivity index (χ0v) is 19.5. The standard InChI is InChI=1S/C15H24Cl3N3O6.C2H6/c1-8(19-12(23)11(22)9(2)26-3)13(24)21-6-4-5-10(20-21)14(25)27-7-15(16,17)18;1-2/h8-11,20,22H,4-7H2,1-3H3,(H,19,23);1-2H3. The summed E-state index contributed by atoms with van der Waals surface area (Å²) < 4.78 is 8.07. The molecule has 9 nitrogen and oxygen atoms in total. The molecule has 0 aromatic heterocycles. The fourth-order valence-corrected chi connectivity index (χ4v) is 2.47. The minimum Gasteiger partial charge on any atom is -0.460 e. The lowest BCUT2D eigenvalue weighted by Gasteiger charge is -2.34. The Morgan fingerprint density at radius 1 is 1.28 bits per heavy atom. The zero-order valence-electron chi connectivity index (χ0n) is 17.2. The topological polar surface area (TPSA) is 117 Å². The second-order valence-corrected chi connectivity index (χ2v) is 8.67. The van der Waals surface area contributed by atoms with Gasteiger partial charge >= 0.3 is 5.97 Å². The van der Waals surface area contributed by atoms with Crippen LogP contribution in [-0.4, -0.2) is 76.2 Å². The van der Waals surface area contributed by atoms with E-state index in [-0.39, 0.29) is 0 Å². The van der Waals surface area contributed by atoms with Crippen LogP contribution in [0.3, 0.4) is 0 Å². The lowest BCUT2D eigenvalue weighted by Crippen LogP contribution is -2.60. The number of hydrogen-bond donors (Lipinski definition) is 3. The SMILES string of the molecule is CC.COC(C)C(O)C(=O)NC(C)C(=O)N1CCCC(C(=O)OCC(Cl)(Cl)Cl)N1. The Hall–Kier alpha value is -0.840. The molecule has 1 aliphatic rings. The summed E-state index contributed by atoms with van der Waals surface area (Å²) in [7, 11) is 1.36. The Bertz CT molecular complexity index is 547. The number of hydrazine groups is 1. The maximum Gasteiger partial charge on any atom is 0.325 e. The fraction of sp³-hybridized carbons (Fsp3) is 0.824. The molecule has 0 aliphatic carbocycles. The number of alkyl halides is 3. The average molecular weight is 479 g/mol. The van der Waals surface area contributed by atoms with Crippen LogP contribution >= 0.6 is 34.8 Å². The number of carbonyl (C=O) groups excluding carboxylic acids is 3. The van der Waals surface area contributed by atoms with Crippen molar-refractivity contribution >= 4 is 52.6 Å². The quantitative estimate of drug-likeness (QED) is 0.373. The predicted octanol–water partition coefficient (Wildman–Crippen LogP) is 1.32. The third-order valence-electron chi connectivity index (χ3n) is 3.93. The lowest BCUT2D eigenvalue weighted by molar-refractivity contribution is -0.153. The monoisotopic (exact) mass is 477 g/mol. The number of methoxy groups -OCH3 is 1. The van der Waals surface area contributed by atoms with Gasteiger partial charge in [0.15, 0.2) is 6.10 Å². The summed E-state index contributed by atoms with van der Waals surface area (Å²) in [6.45, 7) is 6.92. The summed E-state index contributed by atoms with van der Waals surface area (Å²) in [6.07, 6.45) is -1.16. The normalized spacial score (nSPS) is 19.9. The Kier molecular flexibility index (Phi) is 13.1. The van der Waals surface area contributed by atoms with Gasteiger partial charge < -0.3 is 19.9 Å². The van der Waals surface area contributed by atoms with E-state index in [1.54, 1.807) is 0 Å². The molecule has 0 saturated carbocycles. The van der Waals surface area contributed by atoms with Crippen molar-refractivity contribution in [2.75, 3.05) is 20.3 Å². The van der Waals surface area contributed by atoms with Crippen molar-refractivity contribution in [3.05, 3.63) is 0 Å². The first-order chi connectivity index (χ1) is 13.5. The average Bonchev–Trinajstić information content (AvgIpc) is 2.71. The van der Waals surface area contributed by atoms with Crippen molar-refractivity contribution < 1.29 is 29.0 Å². The van der Waals surface area contributed by atoms with Crippen LogP contribution in [0.1, 0.15) is 40.5 Å². The number of aliphatic hydroxyl groups is 1. The number of rotatable bonds is 7. The van der Waals surface area contributed by atoms with Gasteiger partial charge in [-0.05, 0) is 26.7 Å². The van der Waals surface area contributed by atoms with E-state index in [9.17, 15) is 19.5 Å². The number of amides is 2. The third-order valence-corrected chi connectivity index (χ3v) is 4.26. The van der Waals surface area contributed by atoms with Crippen LogP contribution in [-0.2, 0) is 23.9 Å². The van der Waals surface area contributed by atoms with E-state index in [2.05, 4.69) is 10.7 Å². The molecule has 0 aromatic rings. The highest BCUT2D eigenvalue weighted by molar-refractivity contribution is 6.67. The minimum atomic E-state index is -1.72. The first kappa shape index (κ1) is 28.2. The Morgan fingerprint density at radius 3 is 2.38 bits per heavy atom. The van der Waals surface area contributed by atoms with Crippen LogP contribution in [0.2, 0.25) is 0 Å². The molecule has 1 aliphatic heterocycles. The Balaban J connectivity index is 0.00000379.